The lowest BCUT2D eigenvalue weighted by Gasteiger charge is -2.27. The number of carbonyl (C=O) groups is 1. The molecule has 124 valence electrons. The zero-order valence-corrected chi connectivity index (χ0v) is 14.1. The number of allylic oxidation sites excluding steroid dienone is 2. The second kappa shape index (κ2) is 6.23. The van der Waals surface area contributed by atoms with Gasteiger partial charge in [-0.25, -0.2) is 4.79 Å². The lowest BCUT2D eigenvalue weighted by atomic mass is 9.93. The van der Waals surface area contributed by atoms with Crippen LogP contribution in [0.25, 0.3) is 0 Å². The number of carbonyl (C=O) groups excluding carboxylic acids is 1. The van der Waals surface area contributed by atoms with Crippen LogP contribution in [0.15, 0.2) is 12.2 Å². The van der Waals surface area contributed by atoms with Crippen molar-refractivity contribution in [3.8, 4) is 0 Å². The first-order chi connectivity index (χ1) is 10.4. The first-order valence-corrected chi connectivity index (χ1v) is 8.82. The minimum absolute atomic E-state index is 0.212. The van der Waals surface area contributed by atoms with E-state index in [1.807, 2.05) is 20.8 Å². The van der Waals surface area contributed by atoms with E-state index in [0.29, 0.717) is 6.04 Å². The molecule has 2 saturated carbocycles. The molecule has 4 nitrogen and oxygen atoms in total. The highest BCUT2D eigenvalue weighted by atomic mass is 16.6. The van der Waals surface area contributed by atoms with E-state index in [9.17, 15) is 4.79 Å². The molecule has 0 radical (unpaired) electrons. The van der Waals surface area contributed by atoms with E-state index in [1.54, 1.807) is 0 Å². The predicted molar refractivity (Wildman–Crippen MR) is 87.6 cm³/mol. The number of hydrogen-bond donors (Lipinski definition) is 2. The van der Waals surface area contributed by atoms with Crippen LogP contribution in [0.1, 0.15) is 52.9 Å². The van der Waals surface area contributed by atoms with Gasteiger partial charge in [0.2, 0.25) is 0 Å². The number of fused-ring (bicyclic) bond motifs is 2. The average molecular weight is 306 g/mol. The number of nitrogens with one attached hydrogen (secondary N) is 2. The number of rotatable bonds is 4. The molecule has 0 saturated heterocycles. The molecule has 3 rings (SSSR count). The molecule has 0 aromatic rings. The predicted octanol–water partition coefficient (Wildman–Crippen LogP) is 3.23. The van der Waals surface area contributed by atoms with Gasteiger partial charge in [-0.15, -0.1) is 0 Å². The highest BCUT2D eigenvalue weighted by Crippen LogP contribution is 2.43. The number of hydrogen-bond acceptors (Lipinski definition) is 3. The number of alkyl carbamates (subject to hydrolysis) is 1. The lowest BCUT2D eigenvalue weighted by Crippen LogP contribution is -2.49. The van der Waals surface area contributed by atoms with Gasteiger partial charge in [0.15, 0.2) is 0 Å². The molecule has 2 N–H and O–H groups in total. The van der Waals surface area contributed by atoms with E-state index in [4.69, 9.17) is 4.74 Å². The van der Waals surface area contributed by atoms with Crippen molar-refractivity contribution in [2.24, 2.45) is 17.8 Å². The molecule has 2 fully saturated rings. The van der Waals surface area contributed by atoms with E-state index in [2.05, 4.69) is 22.8 Å². The summed E-state index contributed by atoms with van der Waals surface area (Å²) in [5.41, 5.74) is -0.430. The third-order valence-electron chi connectivity index (χ3n) is 5.28. The summed E-state index contributed by atoms with van der Waals surface area (Å²) < 4.78 is 5.38. The van der Waals surface area contributed by atoms with Crippen LogP contribution in [0.3, 0.4) is 0 Å². The molecule has 0 aromatic heterocycles. The Morgan fingerprint density at radius 3 is 2.59 bits per heavy atom. The van der Waals surface area contributed by atoms with Gasteiger partial charge >= 0.3 is 6.09 Å². The Hall–Kier alpha value is -1.03. The Morgan fingerprint density at radius 1 is 1.18 bits per heavy atom. The van der Waals surface area contributed by atoms with E-state index < -0.39 is 5.60 Å². The Bertz CT molecular complexity index is 441. The summed E-state index contributed by atoms with van der Waals surface area (Å²) >= 11 is 0. The van der Waals surface area contributed by atoms with Crippen molar-refractivity contribution >= 4 is 6.09 Å². The second-order valence-electron chi connectivity index (χ2n) is 8.24. The van der Waals surface area contributed by atoms with Gasteiger partial charge in [0.25, 0.3) is 0 Å². The number of ether oxygens (including phenoxy) is 1. The first-order valence-electron chi connectivity index (χ1n) is 8.82. The van der Waals surface area contributed by atoms with E-state index in [0.717, 1.165) is 37.1 Å². The molecule has 2 bridgehead atoms. The number of amides is 1. The molecule has 5 unspecified atom stereocenters. The fourth-order valence-electron chi connectivity index (χ4n) is 4.27. The molecule has 0 aliphatic heterocycles. The maximum Gasteiger partial charge on any atom is 0.407 e. The molecule has 4 heteroatoms. The van der Waals surface area contributed by atoms with Crippen molar-refractivity contribution in [2.75, 3.05) is 6.54 Å². The Kier molecular flexibility index (Phi) is 4.49. The van der Waals surface area contributed by atoms with E-state index in [-0.39, 0.29) is 12.1 Å². The first kappa shape index (κ1) is 15.9. The standard InChI is InChI=1S/C18H30N2O2/c1-18(2,3)22-17(21)20-16-6-4-5-15(16)19-11-14-10-12-7-8-13(14)9-12/h7-8,12-16,19H,4-6,9-11H2,1-3H3,(H,20,21). The summed E-state index contributed by atoms with van der Waals surface area (Å²) in [6, 6.07) is 0.611. The molecular formula is C18H30N2O2. The van der Waals surface area contributed by atoms with Crippen molar-refractivity contribution in [3.05, 3.63) is 12.2 Å². The zero-order valence-electron chi connectivity index (χ0n) is 14.1. The third kappa shape index (κ3) is 3.83. The topological polar surface area (TPSA) is 50.4 Å². The Balaban J connectivity index is 1.44. The highest BCUT2D eigenvalue weighted by molar-refractivity contribution is 5.68. The van der Waals surface area contributed by atoms with Crippen molar-refractivity contribution in [1.82, 2.24) is 10.6 Å². The molecular weight excluding hydrogens is 276 g/mol. The normalized spacial score (nSPS) is 36.8. The smallest absolute Gasteiger partial charge is 0.407 e. The van der Waals surface area contributed by atoms with Gasteiger partial charge in [0, 0.05) is 12.1 Å². The van der Waals surface area contributed by atoms with Crippen molar-refractivity contribution in [2.45, 2.75) is 70.6 Å². The van der Waals surface area contributed by atoms with E-state index >= 15 is 0 Å². The highest BCUT2D eigenvalue weighted by Gasteiger charge is 2.37. The van der Waals surface area contributed by atoms with Gasteiger partial charge in [0.05, 0.1) is 0 Å². The average Bonchev–Trinajstić information content (AvgIpc) is 3.09. The van der Waals surface area contributed by atoms with Crippen LogP contribution in [0.2, 0.25) is 0 Å². The summed E-state index contributed by atoms with van der Waals surface area (Å²) in [5, 5.41) is 6.78. The molecule has 1 amide bonds. The van der Waals surface area contributed by atoms with Crippen LogP contribution in [0, 0.1) is 17.8 Å². The maximum atomic E-state index is 12.0. The van der Waals surface area contributed by atoms with Gasteiger partial charge in [-0.1, -0.05) is 12.2 Å². The van der Waals surface area contributed by atoms with Crippen LogP contribution in [0.4, 0.5) is 4.79 Å². The van der Waals surface area contributed by atoms with Crippen LogP contribution in [-0.4, -0.2) is 30.3 Å². The molecule has 5 atom stereocenters. The fraction of sp³-hybridized carbons (Fsp3) is 0.833. The second-order valence-corrected chi connectivity index (χ2v) is 8.24. The van der Waals surface area contributed by atoms with Gasteiger partial charge in [0.1, 0.15) is 5.60 Å². The summed E-state index contributed by atoms with van der Waals surface area (Å²) in [7, 11) is 0. The minimum Gasteiger partial charge on any atom is -0.444 e. The quantitative estimate of drug-likeness (QED) is 0.784. The molecule has 3 aliphatic rings. The maximum absolute atomic E-state index is 12.0. The van der Waals surface area contributed by atoms with Gasteiger partial charge < -0.3 is 15.4 Å². The molecule has 0 spiro atoms. The SMILES string of the molecule is CC(C)(C)OC(=O)NC1CCCC1NCC1CC2C=CC1C2. The summed E-state index contributed by atoms with van der Waals surface area (Å²) in [5.74, 6) is 2.41. The van der Waals surface area contributed by atoms with E-state index in [1.165, 1.54) is 19.3 Å². The Labute approximate surface area is 134 Å². The van der Waals surface area contributed by atoms with Crippen molar-refractivity contribution in [1.29, 1.82) is 0 Å². The van der Waals surface area contributed by atoms with Crippen LogP contribution >= 0.6 is 0 Å². The molecule has 22 heavy (non-hydrogen) atoms. The van der Waals surface area contributed by atoms with Crippen LogP contribution in [0.5, 0.6) is 0 Å². The molecule has 3 aliphatic carbocycles. The van der Waals surface area contributed by atoms with Gasteiger partial charge in [-0.3, -0.25) is 0 Å². The fourth-order valence-corrected chi connectivity index (χ4v) is 4.27. The lowest BCUT2D eigenvalue weighted by molar-refractivity contribution is 0.0497. The van der Waals surface area contributed by atoms with Crippen molar-refractivity contribution in [3.63, 3.8) is 0 Å². The van der Waals surface area contributed by atoms with Crippen LogP contribution < -0.4 is 10.6 Å². The zero-order chi connectivity index (χ0) is 15.7. The monoisotopic (exact) mass is 306 g/mol. The molecule has 0 aromatic carbocycles. The third-order valence-corrected chi connectivity index (χ3v) is 5.28. The largest absolute Gasteiger partial charge is 0.444 e. The molecule has 0 heterocycles. The van der Waals surface area contributed by atoms with Gasteiger partial charge in [-0.2, -0.15) is 0 Å². The summed E-state index contributed by atoms with van der Waals surface area (Å²) in [6.07, 6.45) is 10.6. The van der Waals surface area contributed by atoms with Crippen molar-refractivity contribution < 1.29 is 9.53 Å². The van der Waals surface area contributed by atoms with Gasteiger partial charge in [-0.05, 0) is 77.2 Å². The summed E-state index contributed by atoms with van der Waals surface area (Å²) in [4.78, 5) is 12.0. The summed E-state index contributed by atoms with van der Waals surface area (Å²) in [6.45, 7) is 6.79. The Morgan fingerprint density at radius 2 is 1.95 bits per heavy atom. The van der Waals surface area contributed by atoms with Crippen LogP contribution in [-0.2, 0) is 4.74 Å². The minimum atomic E-state index is -0.430.